The van der Waals surface area contributed by atoms with Gasteiger partial charge < -0.3 is 14.6 Å². The highest BCUT2D eigenvalue weighted by Crippen LogP contribution is 2.17. The minimum atomic E-state index is -0.191. The van der Waals surface area contributed by atoms with Crippen LogP contribution in [0.15, 0.2) is 28.8 Å². The van der Waals surface area contributed by atoms with Crippen LogP contribution in [0.1, 0.15) is 10.5 Å². The predicted molar refractivity (Wildman–Crippen MR) is 73.6 cm³/mol. The lowest BCUT2D eigenvalue weighted by atomic mass is 10.2. The molecule has 1 N–H and O–H groups in total. The van der Waals surface area contributed by atoms with E-state index in [1.165, 1.54) is 0 Å². The topological polar surface area (TPSA) is 67.6 Å². The summed E-state index contributed by atoms with van der Waals surface area (Å²) in [4.78, 5) is 14.4. The van der Waals surface area contributed by atoms with Gasteiger partial charge in [0.15, 0.2) is 11.3 Å². The van der Waals surface area contributed by atoms with E-state index in [2.05, 4.69) is 15.4 Å². The second-order valence-electron chi connectivity index (χ2n) is 4.74. The number of fused-ring (bicyclic) bond motifs is 1. The van der Waals surface area contributed by atoms with Crippen LogP contribution in [-0.4, -0.2) is 55.4 Å². The molecule has 0 spiro atoms. The van der Waals surface area contributed by atoms with Gasteiger partial charge in [0, 0.05) is 26.2 Å². The van der Waals surface area contributed by atoms with Crippen molar-refractivity contribution in [1.29, 1.82) is 0 Å². The minimum absolute atomic E-state index is 0.191. The Morgan fingerprint density at radius 2 is 2.10 bits per heavy atom. The first-order valence-corrected chi connectivity index (χ1v) is 6.77. The summed E-state index contributed by atoms with van der Waals surface area (Å²) in [5.74, 6) is -0.191. The van der Waals surface area contributed by atoms with Crippen LogP contribution in [0.2, 0.25) is 0 Å². The van der Waals surface area contributed by atoms with E-state index in [1.807, 2.05) is 18.2 Å². The Balaban J connectivity index is 1.56. The number of nitrogens with one attached hydrogen (secondary N) is 1. The van der Waals surface area contributed by atoms with E-state index in [0.29, 0.717) is 17.8 Å². The molecule has 1 saturated heterocycles. The first-order chi connectivity index (χ1) is 9.84. The van der Waals surface area contributed by atoms with Crippen molar-refractivity contribution in [1.82, 2.24) is 15.4 Å². The van der Waals surface area contributed by atoms with Crippen LogP contribution in [-0.2, 0) is 4.74 Å². The SMILES string of the molecule is O=C(NCCN1CCOCC1)c1noc2ccccc12. The van der Waals surface area contributed by atoms with Crippen LogP contribution in [0.3, 0.4) is 0 Å². The van der Waals surface area contributed by atoms with Crippen molar-refractivity contribution >= 4 is 16.9 Å². The first-order valence-electron chi connectivity index (χ1n) is 6.77. The van der Waals surface area contributed by atoms with Crippen molar-refractivity contribution in [3.05, 3.63) is 30.0 Å². The van der Waals surface area contributed by atoms with Gasteiger partial charge in [0.25, 0.3) is 5.91 Å². The fraction of sp³-hybridized carbons (Fsp3) is 0.429. The Morgan fingerprint density at radius 3 is 2.95 bits per heavy atom. The summed E-state index contributed by atoms with van der Waals surface area (Å²) in [5.41, 5.74) is 0.980. The normalized spacial score (nSPS) is 16.4. The lowest BCUT2D eigenvalue weighted by molar-refractivity contribution is 0.0383. The number of ether oxygens (including phenoxy) is 1. The number of amides is 1. The van der Waals surface area contributed by atoms with E-state index in [-0.39, 0.29) is 5.91 Å². The van der Waals surface area contributed by atoms with Gasteiger partial charge in [-0.1, -0.05) is 17.3 Å². The standard InChI is InChI=1S/C14H17N3O3/c18-14(15-5-6-17-7-9-19-10-8-17)13-11-3-1-2-4-12(11)20-16-13/h1-4H,5-10H2,(H,15,18). The molecule has 1 aliphatic heterocycles. The van der Waals surface area contributed by atoms with Crippen molar-refractivity contribution in [2.75, 3.05) is 39.4 Å². The predicted octanol–water partition coefficient (Wildman–Crippen LogP) is 0.890. The van der Waals surface area contributed by atoms with Crippen LogP contribution in [0.4, 0.5) is 0 Å². The maximum Gasteiger partial charge on any atom is 0.274 e. The van der Waals surface area contributed by atoms with Crippen LogP contribution in [0, 0.1) is 0 Å². The van der Waals surface area contributed by atoms with Crippen molar-refractivity contribution < 1.29 is 14.1 Å². The number of morpholine rings is 1. The summed E-state index contributed by atoms with van der Waals surface area (Å²) in [6.45, 7) is 4.79. The van der Waals surface area contributed by atoms with Gasteiger partial charge in [-0.05, 0) is 12.1 Å². The summed E-state index contributed by atoms with van der Waals surface area (Å²) in [6.07, 6.45) is 0. The summed E-state index contributed by atoms with van der Waals surface area (Å²) in [6, 6.07) is 7.35. The molecule has 1 aromatic carbocycles. The third-order valence-electron chi connectivity index (χ3n) is 3.41. The second kappa shape index (κ2) is 6.02. The summed E-state index contributed by atoms with van der Waals surface area (Å²) < 4.78 is 10.4. The quantitative estimate of drug-likeness (QED) is 0.897. The fourth-order valence-electron chi connectivity index (χ4n) is 2.29. The number of benzene rings is 1. The Bertz CT molecular complexity index is 590. The third kappa shape index (κ3) is 2.81. The van der Waals surface area contributed by atoms with Crippen LogP contribution >= 0.6 is 0 Å². The molecule has 2 heterocycles. The van der Waals surface area contributed by atoms with Crippen molar-refractivity contribution in [2.24, 2.45) is 0 Å². The molecule has 3 rings (SSSR count). The van der Waals surface area contributed by atoms with Gasteiger partial charge >= 0.3 is 0 Å². The molecule has 0 radical (unpaired) electrons. The highest BCUT2D eigenvalue weighted by Gasteiger charge is 2.16. The number of aromatic nitrogens is 1. The maximum absolute atomic E-state index is 12.1. The summed E-state index contributed by atoms with van der Waals surface area (Å²) in [7, 11) is 0. The second-order valence-corrected chi connectivity index (χ2v) is 4.74. The van der Waals surface area contributed by atoms with E-state index in [1.54, 1.807) is 6.07 Å². The molecule has 2 aromatic rings. The average molecular weight is 275 g/mol. The number of para-hydroxylation sites is 1. The molecule has 0 aliphatic carbocycles. The Hall–Kier alpha value is -1.92. The lowest BCUT2D eigenvalue weighted by Gasteiger charge is -2.26. The zero-order valence-corrected chi connectivity index (χ0v) is 11.2. The molecule has 0 bridgehead atoms. The molecule has 0 atom stereocenters. The van der Waals surface area contributed by atoms with E-state index in [4.69, 9.17) is 9.26 Å². The van der Waals surface area contributed by atoms with Crippen molar-refractivity contribution in [3.63, 3.8) is 0 Å². The van der Waals surface area contributed by atoms with Gasteiger partial charge in [-0.15, -0.1) is 0 Å². The Morgan fingerprint density at radius 1 is 1.30 bits per heavy atom. The van der Waals surface area contributed by atoms with Gasteiger partial charge in [-0.2, -0.15) is 0 Å². The number of rotatable bonds is 4. The fourth-order valence-corrected chi connectivity index (χ4v) is 2.29. The van der Waals surface area contributed by atoms with Crippen molar-refractivity contribution in [3.8, 4) is 0 Å². The third-order valence-corrected chi connectivity index (χ3v) is 3.41. The van der Waals surface area contributed by atoms with Gasteiger partial charge in [-0.25, -0.2) is 0 Å². The number of nitrogens with zero attached hydrogens (tertiary/aromatic N) is 2. The monoisotopic (exact) mass is 275 g/mol. The zero-order valence-electron chi connectivity index (χ0n) is 11.2. The molecular weight excluding hydrogens is 258 g/mol. The van der Waals surface area contributed by atoms with Gasteiger partial charge in [-0.3, -0.25) is 9.69 Å². The zero-order chi connectivity index (χ0) is 13.8. The molecule has 1 fully saturated rings. The van der Waals surface area contributed by atoms with E-state index in [9.17, 15) is 4.79 Å². The maximum atomic E-state index is 12.1. The molecule has 106 valence electrons. The van der Waals surface area contributed by atoms with E-state index >= 15 is 0 Å². The number of carbonyl (C=O) groups excluding carboxylic acids is 1. The van der Waals surface area contributed by atoms with Gasteiger partial charge in [0.05, 0.1) is 18.6 Å². The van der Waals surface area contributed by atoms with Crippen molar-refractivity contribution in [2.45, 2.75) is 0 Å². The smallest absolute Gasteiger partial charge is 0.274 e. The van der Waals surface area contributed by atoms with E-state index in [0.717, 1.165) is 38.2 Å². The van der Waals surface area contributed by atoms with Gasteiger partial charge in [0.2, 0.25) is 0 Å². The molecular formula is C14H17N3O3. The highest BCUT2D eigenvalue weighted by molar-refractivity contribution is 6.03. The van der Waals surface area contributed by atoms with Crippen LogP contribution in [0.5, 0.6) is 0 Å². The number of hydrogen-bond acceptors (Lipinski definition) is 5. The average Bonchev–Trinajstić information content (AvgIpc) is 2.92. The van der Waals surface area contributed by atoms with Crippen LogP contribution in [0.25, 0.3) is 11.0 Å². The van der Waals surface area contributed by atoms with E-state index < -0.39 is 0 Å². The molecule has 0 unspecified atom stereocenters. The minimum Gasteiger partial charge on any atom is -0.379 e. The summed E-state index contributed by atoms with van der Waals surface area (Å²) in [5, 5.41) is 7.47. The first kappa shape index (κ1) is 13.1. The molecule has 1 aromatic heterocycles. The molecule has 6 heteroatoms. The highest BCUT2D eigenvalue weighted by atomic mass is 16.5. The number of carbonyl (C=O) groups is 1. The molecule has 1 amide bonds. The Kier molecular flexibility index (Phi) is 3.94. The number of hydrogen-bond donors (Lipinski definition) is 1. The molecule has 0 saturated carbocycles. The van der Waals surface area contributed by atoms with Crippen LogP contribution < -0.4 is 5.32 Å². The Labute approximate surface area is 116 Å². The molecule has 6 nitrogen and oxygen atoms in total. The lowest BCUT2D eigenvalue weighted by Crippen LogP contribution is -2.41. The molecule has 20 heavy (non-hydrogen) atoms. The van der Waals surface area contributed by atoms with Gasteiger partial charge in [0.1, 0.15) is 0 Å². The molecule has 1 aliphatic rings. The largest absolute Gasteiger partial charge is 0.379 e. The summed E-state index contributed by atoms with van der Waals surface area (Å²) >= 11 is 0.